The second-order valence-corrected chi connectivity index (χ2v) is 17.4. The molecule has 1 aromatic heterocycles. The summed E-state index contributed by atoms with van der Waals surface area (Å²) in [6.45, 7) is 6.15. The van der Waals surface area contributed by atoms with Crippen LogP contribution in [-0.4, -0.2) is 116 Å². The van der Waals surface area contributed by atoms with E-state index in [4.69, 9.17) is 4.98 Å². The number of anilines is 2. The molecule has 4 fully saturated rings. The van der Waals surface area contributed by atoms with E-state index in [-0.39, 0.29) is 36.3 Å². The van der Waals surface area contributed by atoms with Crippen LogP contribution in [0, 0.1) is 5.92 Å². The van der Waals surface area contributed by atoms with Crippen LogP contribution in [0.25, 0.3) is 11.0 Å². The Labute approximate surface area is 353 Å². The number of nitrogens with zero attached hydrogens (tertiary/aromatic N) is 5. The lowest BCUT2D eigenvalue weighted by molar-refractivity contribution is -0.136. The molecule has 318 valence electrons. The third-order valence-corrected chi connectivity index (χ3v) is 13.5. The van der Waals surface area contributed by atoms with Crippen molar-refractivity contribution < 1.29 is 33.9 Å². The van der Waals surface area contributed by atoms with Crippen LogP contribution < -0.4 is 15.5 Å². The fourth-order valence-corrected chi connectivity index (χ4v) is 9.98. The van der Waals surface area contributed by atoms with Crippen molar-refractivity contribution in [3.63, 3.8) is 0 Å². The molecule has 6 heterocycles. The Kier molecular flexibility index (Phi) is 11.2. The number of rotatable bonds is 10. The van der Waals surface area contributed by atoms with Crippen molar-refractivity contribution in [3.05, 3.63) is 88.7 Å². The highest BCUT2D eigenvalue weighted by molar-refractivity contribution is 6.25. The summed E-state index contributed by atoms with van der Waals surface area (Å²) < 4.78 is 0. The Morgan fingerprint density at radius 2 is 1.67 bits per heavy atom. The molecule has 61 heavy (non-hydrogen) atoms. The molecule has 9 rings (SSSR count). The lowest BCUT2D eigenvalue weighted by atomic mass is 9.88. The lowest BCUT2D eigenvalue weighted by Gasteiger charge is -2.35. The van der Waals surface area contributed by atoms with Crippen LogP contribution in [0.3, 0.4) is 0 Å². The monoisotopic (exact) mass is 828 g/mol. The molecular formula is C46H52N8O7. The predicted molar refractivity (Wildman–Crippen MR) is 227 cm³/mol. The number of H-pyrrole nitrogens is 1. The van der Waals surface area contributed by atoms with Gasteiger partial charge in [0.1, 0.15) is 11.9 Å². The molecule has 1 unspecified atom stereocenters. The number of β-amino-alcohol motifs (C(OH)–C–C–N with tert-alkyl or cyclic N) is 1. The molecule has 3 aromatic carbocycles. The standard InChI is InChI=1S/C46H52N8O7/c1-27-23-33(55)25-53(27)26-39-48-35-11-10-32(24-36(35)49-39)47-43(58)31-8-6-29(7-9-31)30-17-21-52(22-18-30)41(57)14-5-28-15-19-51(20-16-28)37-4-2-3-34-42(37)46(61)54(45(34)60)38-12-13-40(56)50-44(38)59/h2-4,6-11,24,27-28,30,33,38,55H,5,12-23,25-26H2,1H3,(H,47,58)(H,48,49)(H,50,56,59)/t27-,33-,38?/m0/s1. The van der Waals surface area contributed by atoms with Crippen molar-refractivity contribution >= 4 is 57.9 Å². The van der Waals surface area contributed by atoms with E-state index in [1.54, 1.807) is 12.1 Å². The molecule has 0 radical (unpaired) electrons. The van der Waals surface area contributed by atoms with E-state index in [1.807, 2.05) is 53.4 Å². The van der Waals surface area contributed by atoms with Gasteiger partial charge in [-0.1, -0.05) is 18.2 Å². The maximum absolute atomic E-state index is 13.6. The zero-order chi connectivity index (χ0) is 42.4. The zero-order valence-corrected chi connectivity index (χ0v) is 34.4. The Balaban J connectivity index is 0.717. The molecule has 0 spiro atoms. The first-order chi connectivity index (χ1) is 29.5. The van der Waals surface area contributed by atoms with Gasteiger partial charge in [0.05, 0.1) is 40.5 Å². The van der Waals surface area contributed by atoms with Crippen molar-refractivity contribution in [1.29, 1.82) is 0 Å². The second kappa shape index (κ2) is 16.8. The minimum atomic E-state index is -1.00. The molecule has 0 bridgehead atoms. The van der Waals surface area contributed by atoms with Crippen LogP contribution in [-0.2, 0) is 20.9 Å². The maximum atomic E-state index is 13.6. The summed E-state index contributed by atoms with van der Waals surface area (Å²) in [6.07, 6.45) is 5.38. The van der Waals surface area contributed by atoms with Gasteiger partial charge in [-0.05, 0) is 112 Å². The molecule has 3 atom stereocenters. The number of fused-ring (bicyclic) bond motifs is 2. The summed E-state index contributed by atoms with van der Waals surface area (Å²) in [5, 5.41) is 15.3. The van der Waals surface area contributed by atoms with Crippen LogP contribution in [0.15, 0.2) is 60.7 Å². The van der Waals surface area contributed by atoms with E-state index in [2.05, 4.69) is 32.3 Å². The Bertz CT molecular complexity index is 2380. The molecule has 0 aliphatic carbocycles. The molecule has 5 aliphatic heterocycles. The van der Waals surface area contributed by atoms with Crippen LogP contribution >= 0.6 is 0 Å². The van der Waals surface area contributed by atoms with Crippen molar-refractivity contribution in [2.45, 2.75) is 95.4 Å². The summed E-state index contributed by atoms with van der Waals surface area (Å²) >= 11 is 0. The Morgan fingerprint density at radius 1 is 0.902 bits per heavy atom. The fraction of sp³-hybridized carbons (Fsp3) is 0.457. The second-order valence-electron chi connectivity index (χ2n) is 17.4. The van der Waals surface area contributed by atoms with Crippen LogP contribution in [0.1, 0.15) is 113 Å². The number of hydrogen-bond acceptors (Lipinski definition) is 10. The van der Waals surface area contributed by atoms with Crippen molar-refractivity contribution in [2.24, 2.45) is 5.92 Å². The van der Waals surface area contributed by atoms with E-state index < -0.39 is 29.7 Å². The van der Waals surface area contributed by atoms with E-state index in [1.165, 1.54) is 5.56 Å². The van der Waals surface area contributed by atoms with Crippen LogP contribution in [0.4, 0.5) is 11.4 Å². The lowest BCUT2D eigenvalue weighted by Crippen LogP contribution is -2.54. The summed E-state index contributed by atoms with van der Waals surface area (Å²) in [6, 6.07) is 17.9. The highest BCUT2D eigenvalue weighted by Crippen LogP contribution is 2.37. The topological polar surface area (TPSA) is 188 Å². The first-order valence-corrected chi connectivity index (χ1v) is 21.7. The minimum absolute atomic E-state index is 0.0743. The van der Waals surface area contributed by atoms with Gasteiger partial charge in [0.25, 0.3) is 17.7 Å². The number of piperidine rings is 3. The molecule has 4 aromatic rings. The molecule has 15 heteroatoms. The first kappa shape index (κ1) is 40.5. The van der Waals surface area contributed by atoms with Crippen molar-refractivity contribution in [1.82, 2.24) is 30.0 Å². The number of hydrogen-bond donors (Lipinski definition) is 4. The summed E-state index contributed by atoms with van der Waals surface area (Å²) in [5.74, 6) is -0.530. The predicted octanol–water partition coefficient (Wildman–Crippen LogP) is 4.57. The molecular weight excluding hydrogens is 777 g/mol. The van der Waals surface area contributed by atoms with Crippen molar-refractivity contribution in [2.75, 3.05) is 42.9 Å². The van der Waals surface area contributed by atoms with Crippen molar-refractivity contribution in [3.8, 4) is 0 Å². The van der Waals surface area contributed by atoms with Gasteiger partial charge in [0.2, 0.25) is 17.7 Å². The average molecular weight is 829 g/mol. The third-order valence-electron chi connectivity index (χ3n) is 13.5. The summed E-state index contributed by atoms with van der Waals surface area (Å²) in [7, 11) is 0. The number of aromatic amines is 1. The van der Waals surface area contributed by atoms with Gasteiger partial charge >= 0.3 is 0 Å². The number of imidazole rings is 1. The molecule has 6 amide bonds. The fourth-order valence-electron chi connectivity index (χ4n) is 9.98. The smallest absolute Gasteiger partial charge is 0.264 e. The third kappa shape index (κ3) is 8.28. The quantitative estimate of drug-likeness (QED) is 0.165. The van der Waals surface area contributed by atoms with E-state index in [0.717, 1.165) is 60.3 Å². The van der Waals surface area contributed by atoms with E-state index in [0.29, 0.717) is 86.1 Å². The SMILES string of the molecule is C[C@H]1C[C@H](O)CN1Cc1nc2ccc(NC(=O)c3ccc(C4CCN(C(=O)CCC5CCN(c6cccc7c6C(=O)N(C6CCC(=O)NC6=O)C7=O)CC5)CC4)cc3)cc2[nH]1. The Morgan fingerprint density at radius 3 is 2.39 bits per heavy atom. The number of likely N-dealkylation sites (tertiary alicyclic amines) is 2. The molecule has 4 saturated heterocycles. The van der Waals surface area contributed by atoms with Gasteiger partial charge in [0.15, 0.2) is 0 Å². The maximum Gasteiger partial charge on any atom is 0.264 e. The van der Waals surface area contributed by atoms with Crippen LogP contribution in [0.5, 0.6) is 0 Å². The summed E-state index contributed by atoms with van der Waals surface area (Å²) in [5.41, 5.74) is 5.37. The Hall–Kier alpha value is -5.93. The van der Waals surface area contributed by atoms with E-state index >= 15 is 0 Å². The first-order valence-electron chi connectivity index (χ1n) is 21.7. The number of aliphatic hydroxyl groups is 1. The summed E-state index contributed by atoms with van der Waals surface area (Å²) in [4.78, 5) is 93.1. The number of aromatic nitrogens is 2. The largest absolute Gasteiger partial charge is 0.392 e. The van der Waals surface area contributed by atoms with Gasteiger partial charge in [-0.15, -0.1) is 0 Å². The minimum Gasteiger partial charge on any atom is -0.392 e. The number of benzene rings is 3. The molecule has 15 nitrogen and oxygen atoms in total. The van der Waals surface area contributed by atoms with Gasteiger partial charge < -0.3 is 25.2 Å². The van der Waals surface area contributed by atoms with Gasteiger partial charge in [-0.2, -0.15) is 0 Å². The van der Waals surface area contributed by atoms with Gasteiger partial charge in [-0.3, -0.25) is 43.9 Å². The molecule has 4 N–H and O–H groups in total. The number of carbonyl (C=O) groups is 6. The van der Waals surface area contributed by atoms with Crippen LogP contribution in [0.2, 0.25) is 0 Å². The number of amides is 6. The molecule has 5 aliphatic rings. The number of nitrogens with one attached hydrogen (secondary N) is 3. The van der Waals surface area contributed by atoms with E-state index in [9.17, 15) is 33.9 Å². The number of aliphatic hydroxyl groups excluding tert-OH is 1. The van der Waals surface area contributed by atoms with Gasteiger partial charge in [0, 0.05) is 62.9 Å². The highest BCUT2D eigenvalue weighted by atomic mass is 16.3. The average Bonchev–Trinajstić information content (AvgIpc) is 3.90. The highest BCUT2D eigenvalue weighted by Gasteiger charge is 2.46. The number of carbonyl (C=O) groups excluding carboxylic acids is 6. The normalized spacial score (nSPS) is 22.9. The zero-order valence-electron chi connectivity index (χ0n) is 34.4. The molecule has 0 saturated carbocycles. The number of imide groups is 2. The van der Waals surface area contributed by atoms with Gasteiger partial charge in [-0.25, -0.2) is 4.98 Å².